The van der Waals surface area contributed by atoms with Gasteiger partial charge in [0.1, 0.15) is 17.2 Å². The molecule has 1 aliphatic rings. The second-order valence-corrected chi connectivity index (χ2v) is 7.19. The van der Waals surface area contributed by atoms with Crippen molar-refractivity contribution >= 4 is 5.65 Å². The van der Waals surface area contributed by atoms with Crippen LogP contribution in [0.15, 0.2) is 59.5 Å². The Morgan fingerprint density at radius 3 is 2.69 bits per heavy atom. The zero-order valence-corrected chi connectivity index (χ0v) is 15.2. The smallest absolute Gasteiger partial charge is 0.230 e. The maximum atomic E-state index is 13.3. The molecule has 4 heterocycles. The molecule has 6 rings (SSSR count). The first-order valence-electron chi connectivity index (χ1n) is 9.37. The van der Waals surface area contributed by atoms with E-state index in [-0.39, 0.29) is 5.82 Å². The Labute approximate surface area is 164 Å². The SMILES string of the molecule is Fc1ccc(-c2[nH]ncc2-c2ccc3ncc(-c4noc(C5CC5)n4)n3c2)cc1. The van der Waals surface area contributed by atoms with Gasteiger partial charge in [-0.15, -0.1) is 0 Å². The van der Waals surface area contributed by atoms with Gasteiger partial charge in [-0.25, -0.2) is 9.37 Å². The summed E-state index contributed by atoms with van der Waals surface area (Å²) in [4.78, 5) is 8.99. The van der Waals surface area contributed by atoms with Gasteiger partial charge in [-0.1, -0.05) is 5.16 Å². The van der Waals surface area contributed by atoms with E-state index in [0.717, 1.165) is 46.6 Å². The molecule has 0 aliphatic heterocycles. The van der Waals surface area contributed by atoms with Crippen LogP contribution < -0.4 is 0 Å². The fourth-order valence-electron chi connectivity index (χ4n) is 3.48. The van der Waals surface area contributed by atoms with Crippen molar-refractivity contribution in [2.24, 2.45) is 0 Å². The summed E-state index contributed by atoms with van der Waals surface area (Å²) < 4.78 is 20.6. The van der Waals surface area contributed by atoms with Gasteiger partial charge in [0, 0.05) is 28.8 Å². The molecule has 0 saturated heterocycles. The summed E-state index contributed by atoms with van der Waals surface area (Å²) in [6, 6.07) is 10.2. The summed E-state index contributed by atoms with van der Waals surface area (Å²) in [5.74, 6) is 1.35. The fraction of sp³-hybridized carbons (Fsp3) is 0.143. The molecule has 142 valence electrons. The van der Waals surface area contributed by atoms with Crippen LogP contribution in [0.1, 0.15) is 24.7 Å². The number of hydrogen-bond donors (Lipinski definition) is 1. The van der Waals surface area contributed by atoms with Crippen LogP contribution in [0.25, 0.3) is 39.5 Å². The fourth-order valence-corrected chi connectivity index (χ4v) is 3.48. The minimum absolute atomic E-state index is 0.273. The normalized spacial score (nSPS) is 14.0. The standard InChI is InChI=1S/C21H15FN6O/c22-15-6-3-12(4-7-15)19-16(9-24-26-19)14-5-8-18-23-10-17(28(18)11-14)20-25-21(29-27-20)13-1-2-13/h3-11,13H,1-2H2,(H,24,26). The lowest BCUT2D eigenvalue weighted by molar-refractivity contribution is 0.380. The largest absolute Gasteiger partial charge is 0.339 e. The Morgan fingerprint density at radius 1 is 1.03 bits per heavy atom. The molecule has 0 radical (unpaired) electrons. The third-order valence-corrected chi connectivity index (χ3v) is 5.19. The molecule has 0 bridgehead atoms. The third kappa shape index (κ3) is 2.72. The molecule has 0 amide bonds. The predicted molar refractivity (Wildman–Crippen MR) is 103 cm³/mol. The van der Waals surface area contributed by atoms with Crippen LogP contribution >= 0.6 is 0 Å². The number of hydrogen-bond acceptors (Lipinski definition) is 5. The van der Waals surface area contributed by atoms with Gasteiger partial charge in [0.15, 0.2) is 0 Å². The van der Waals surface area contributed by atoms with E-state index in [0.29, 0.717) is 17.6 Å². The maximum Gasteiger partial charge on any atom is 0.230 e. The molecule has 5 aromatic rings. The molecule has 1 aliphatic carbocycles. The average molecular weight is 386 g/mol. The topological polar surface area (TPSA) is 84.9 Å². The van der Waals surface area contributed by atoms with Gasteiger partial charge in [0.05, 0.1) is 18.1 Å². The quantitative estimate of drug-likeness (QED) is 0.493. The Morgan fingerprint density at radius 2 is 1.86 bits per heavy atom. The molecule has 1 N–H and O–H groups in total. The number of fused-ring (bicyclic) bond motifs is 1. The van der Waals surface area contributed by atoms with E-state index < -0.39 is 0 Å². The second kappa shape index (κ2) is 6.10. The summed E-state index contributed by atoms with van der Waals surface area (Å²) in [6.45, 7) is 0. The van der Waals surface area contributed by atoms with E-state index in [9.17, 15) is 4.39 Å². The summed E-state index contributed by atoms with van der Waals surface area (Å²) in [7, 11) is 0. The van der Waals surface area contributed by atoms with Gasteiger partial charge in [-0.2, -0.15) is 10.1 Å². The van der Waals surface area contributed by atoms with E-state index in [1.54, 1.807) is 24.5 Å². The lowest BCUT2D eigenvalue weighted by Crippen LogP contribution is -1.92. The Balaban J connectivity index is 1.45. The minimum Gasteiger partial charge on any atom is -0.339 e. The van der Waals surface area contributed by atoms with Gasteiger partial charge < -0.3 is 4.52 Å². The van der Waals surface area contributed by atoms with Gasteiger partial charge in [-0.05, 0) is 49.2 Å². The summed E-state index contributed by atoms with van der Waals surface area (Å²) >= 11 is 0. The van der Waals surface area contributed by atoms with Crippen LogP contribution in [0.2, 0.25) is 0 Å². The van der Waals surface area contributed by atoms with E-state index in [1.807, 2.05) is 22.7 Å². The number of H-pyrrole nitrogens is 1. The molecule has 0 unspecified atom stereocenters. The average Bonchev–Trinajstić information content (AvgIpc) is 3.15. The zero-order chi connectivity index (χ0) is 19.4. The number of imidazole rings is 1. The molecule has 7 nitrogen and oxygen atoms in total. The lowest BCUT2D eigenvalue weighted by atomic mass is 10.0. The van der Waals surface area contributed by atoms with Crippen LogP contribution in [0.5, 0.6) is 0 Å². The summed E-state index contributed by atoms with van der Waals surface area (Å²) in [6.07, 6.45) is 7.69. The van der Waals surface area contributed by atoms with Gasteiger partial charge >= 0.3 is 0 Å². The molecule has 0 atom stereocenters. The number of nitrogens with zero attached hydrogens (tertiary/aromatic N) is 5. The third-order valence-electron chi connectivity index (χ3n) is 5.19. The minimum atomic E-state index is -0.273. The van der Waals surface area contributed by atoms with Crippen molar-refractivity contribution in [2.45, 2.75) is 18.8 Å². The summed E-state index contributed by atoms with van der Waals surface area (Å²) in [5, 5.41) is 11.3. The van der Waals surface area contributed by atoms with Gasteiger partial charge in [0.2, 0.25) is 11.7 Å². The van der Waals surface area contributed by atoms with Crippen molar-refractivity contribution in [3.8, 4) is 33.9 Å². The first kappa shape index (κ1) is 16.2. The highest BCUT2D eigenvalue weighted by molar-refractivity contribution is 5.80. The number of halogens is 1. The Bertz CT molecular complexity index is 1330. The second-order valence-electron chi connectivity index (χ2n) is 7.19. The first-order chi connectivity index (χ1) is 14.3. The van der Waals surface area contributed by atoms with Crippen molar-refractivity contribution in [3.63, 3.8) is 0 Å². The van der Waals surface area contributed by atoms with Crippen molar-refractivity contribution in [1.29, 1.82) is 0 Å². The Kier molecular flexibility index (Phi) is 3.40. The van der Waals surface area contributed by atoms with Crippen molar-refractivity contribution in [3.05, 3.63) is 66.7 Å². The maximum absolute atomic E-state index is 13.3. The van der Waals surface area contributed by atoms with Crippen LogP contribution in [-0.2, 0) is 0 Å². The van der Waals surface area contributed by atoms with Crippen molar-refractivity contribution in [1.82, 2.24) is 29.7 Å². The van der Waals surface area contributed by atoms with E-state index in [4.69, 9.17) is 4.52 Å². The Hall–Kier alpha value is -3.81. The highest BCUT2D eigenvalue weighted by Crippen LogP contribution is 2.39. The number of pyridine rings is 1. The predicted octanol–water partition coefficient (Wildman–Crippen LogP) is 4.46. The highest BCUT2D eigenvalue weighted by atomic mass is 19.1. The number of aromatic amines is 1. The van der Waals surface area contributed by atoms with E-state index in [2.05, 4.69) is 25.3 Å². The van der Waals surface area contributed by atoms with Crippen LogP contribution in [0.3, 0.4) is 0 Å². The van der Waals surface area contributed by atoms with Crippen LogP contribution in [0.4, 0.5) is 4.39 Å². The molecule has 8 heteroatoms. The lowest BCUT2D eigenvalue weighted by Gasteiger charge is -2.06. The zero-order valence-electron chi connectivity index (χ0n) is 15.2. The number of rotatable bonds is 4. The summed E-state index contributed by atoms with van der Waals surface area (Å²) in [5.41, 5.74) is 5.08. The number of aromatic nitrogens is 6. The van der Waals surface area contributed by atoms with Crippen LogP contribution in [-0.4, -0.2) is 29.7 Å². The van der Waals surface area contributed by atoms with Crippen LogP contribution in [0, 0.1) is 5.82 Å². The molecular weight excluding hydrogens is 371 g/mol. The molecule has 1 aromatic carbocycles. The highest BCUT2D eigenvalue weighted by Gasteiger charge is 2.30. The molecular formula is C21H15FN6O. The monoisotopic (exact) mass is 386 g/mol. The van der Waals surface area contributed by atoms with Gasteiger partial charge in [0.25, 0.3) is 0 Å². The molecule has 1 saturated carbocycles. The molecule has 29 heavy (non-hydrogen) atoms. The van der Waals surface area contributed by atoms with Crippen molar-refractivity contribution in [2.75, 3.05) is 0 Å². The van der Waals surface area contributed by atoms with E-state index in [1.165, 1.54) is 12.1 Å². The van der Waals surface area contributed by atoms with Gasteiger partial charge in [-0.3, -0.25) is 9.50 Å². The first-order valence-corrected chi connectivity index (χ1v) is 9.37. The molecule has 1 fully saturated rings. The van der Waals surface area contributed by atoms with E-state index >= 15 is 0 Å². The number of benzene rings is 1. The number of nitrogens with one attached hydrogen (secondary N) is 1. The molecule has 4 aromatic heterocycles. The van der Waals surface area contributed by atoms with Crippen molar-refractivity contribution < 1.29 is 8.91 Å². The molecule has 0 spiro atoms.